The van der Waals surface area contributed by atoms with Crippen molar-refractivity contribution in [3.05, 3.63) is 53.4 Å². The van der Waals surface area contributed by atoms with Gasteiger partial charge in [-0.2, -0.15) is 0 Å². The van der Waals surface area contributed by atoms with Gasteiger partial charge in [0.1, 0.15) is 23.6 Å². The van der Waals surface area contributed by atoms with Gasteiger partial charge in [-0.3, -0.25) is 4.72 Å². The van der Waals surface area contributed by atoms with Gasteiger partial charge in [0.2, 0.25) is 5.88 Å². The second-order valence-electron chi connectivity index (χ2n) is 6.25. The number of nitrogen functional groups attached to an aromatic ring is 1. The molecular weight excluding hydrogens is 454 g/mol. The zero-order valence-electron chi connectivity index (χ0n) is 15.6. The summed E-state index contributed by atoms with van der Waals surface area (Å²) >= 11 is 5.83. The molecule has 160 valence electrons. The normalized spacial score (nSPS) is 11.6. The lowest BCUT2D eigenvalue weighted by Gasteiger charge is -2.13. The Bertz CT molecular complexity index is 1430. The highest BCUT2D eigenvalue weighted by Crippen LogP contribution is 2.34. The summed E-state index contributed by atoms with van der Waals surface area (Å²) in [5.74, 6) is -2.22. The van der Waals surface area contributed by atoms with E-state index in [9.17, 15) is 12.8 Å². The number of nitrogens with two attached hydrogens (primary N) is 1. The number of aromatic nitrogens is 4. The third kappa shape index (κ3) is 3.70. The molecule has 0 spiro atoms. The number of pyridine rings is 1. The SMILES string of the molecule is COc1ncc(Cl)cc1S(=O)(=O)Nc1ccc(F)c(-c2cc3c(N)ncnc3[nH]2)c1F. The van der Waals surface area contributed by atoms with Crippen LogP contribution in [-0.4, -0.2) is 35.5 Å². The molecular formula is C18H13ClF2N6O3S. The number of nitrogens with one attached hydrogen (secondary N) is 2. The number of hydrogen-bond acceptors (Lipinski definition) is 7. The molecule has 0 atom stereocenters. The van der Waals surface area contributed by atoms with Crippen LogP contribution in [0.2, 0.25) is 5.02 Å². The molecule has 4 rings (SSSR count). The minimum atomic E-state index is -4.38. The molecule has 9 nitrogen and oxygen atoms in total. The maximum atomic E-state index is 15.2. The quantitative estimate of drug-likeness (QED) is 0.410. The lowest BCUT2D eigenvalue weighted by atomic mass is 10.1. The van der Waals surface area contributed by atoms with Gasteiger partial charge in [-0.25, -0.2) is 32.2 Å². The summed E-state index contributed by atoms with van der Waals surface area (Å²) in [5, 5.41) is 0.384. The maximum absolute atomic E-state index is 15.2. The predicted octanol–water partition coefficient (Wildman–Crippen LogP) is 3.34. The molecule has 0 bridgehead atoms. The Labute approximate surface area is 179 Å². The molecule has 0 saturated heterocycles. The molecule has 3 heterocycles. The Morgan fingerprint density at radius 2 is 1.97 bits per heavy atom. The first-order valence-corrected chi connectivity index (χ1v) is 10.4. The number of rotatable bonds is 5. The fourth-order valence-corrected chi connectivity index (χ4v) is 4.35. The second-order valence-corrected chi connectivity index (χ2v) is 8.34. The Morgan fingerprint density at radius 1 is 1.19 bits per heavy atom. The van der Waals surface area contributed by atoms with E-state index in [1.807, 2.05) is 0 Å². The number of anilines is 2. The van der Waals surface area contributed by atoms with Crippen molar-refractivity contribution in [3.63, 3.8) is 0 Å². The van der Waals surface area contributed by atoms with Crippen LogP contribution >= 0.6 is 11.6 Å². The van der Waals surface area contributed by atoms with E-state index in [2.05, 4.69) is 24.7 Å². The van der Waals surface area contributed by atoms with Crippen molar-refractivity contribution in [2.45, 2.75) is 4.90 Å². The monoisotopic (exact) mass is 466 g/mol. The molecule has 13 heteroatoms. The van der Waals surface area contributed by atoms with Crippen molar-refractivity contribution in [1.29, 1.82) is 0 Å². The third-order valence-corrected chi connectivity index (χ3v) is 5.90. The highest BCUT2D eigenvalue weighted by Gasteiger charge is 2.25. The van der Waals surface area contributed by atoms with Crippen LogP contribution in [0.3, 0.4) is 0 Å². The average molecular weight is 467 g/mol. The number of halogens is 3. The van der Waals surface area contributed by atoms with Gasteiger partial charge in [0, 0.05) is 6.20 Å². The lowest BCUT2D eigenvalue weighted by molar-refractivity contribution is 0.385. The van der Waals surface area contributed by atoms with Gasteiger partial charge >= 0.3 is 0 Å². The van der Waals surface area contributed by atoms with Crippen LogP contribution in [0.5, 0.6) is 5.88 Å². The summed E-state index contributed by atoms with van der Waals surface area (Å²) in [6, 6.07) is 4.34. The van der Waals surface area contributed by atoms with Gasteiger partial charge in [0.05, 0.1) is 34.5 Å². The molecule has 0 fully saturated rings. The number of nitrogens with zero attached hydrogens (tertiary/aromatic N) is 3. The van der Waals surface area contributed by atoms with Gasteiger partial charge in [-0.05, 0) is 24.3 Å². The third-order valence-electron chi connectivity index (χ3n) is 4.33. The van der Waals surface area contributed by atoms with E-state index in [4.69, 9.17) is 22.1 Å². The van der Waals surface area contributed by atoms with Crippen LogP contribution < -0.4 is 15.2 Å². The van der Waals surface area contributed by atoms with E-state index >= 15 is 4.39 Å². The first-order valence-electron chi connectivity index (χ1n) is 8.51. The highest BCUT2D eigenvalue weighted by atomic mass is 35.5. The van der Waals surface area contributed by atoms with Crippen LogP contribution in [0.4, 0.5) is 20.3 Å². The van der Waals surface area contributed by atoms with E-state index in [0.717, 1.165) is 18.2 Å². The van der Waals surface area contributed by atoms with Crippen molar-refractivity contribution in [3.8, 4) is 17.1 Å². The van der Waals surface area contributed by atoms with Gasteiger partial charge in [-0.1, -0.05) is 11.6 Å². The minimum absolute atomic E-state index is 0.000232. The van der Waals surface area contributed by atoms with Gasteiger partial charge in [0.25, 0.3) is 10.0 Å². The number of ether oxygens (including phenoxy) is 1. The van der Waals surface area contributed by atoms with Crippen LogP contribution in [0.1, 0.15) is 0 Å². The summed E-state index contributed by atoms with van der Waals surface area (Å²) in [4.78, 5) is 13.9. The minimum Gasteiger partial charge on any atom is -0.480 e. The number of methoxy groups -OCH3 is 1. The van der Waals surface area contributed by atoms with Gasteiger partial charge in [-0.15, -0.1) is 0 Å². The zero-order chi connectivity index (χ0) is 22.3. The number of fused-ring (bicyclic) bond motifs is 1. The first kappa shape index (κ1) is 20.8. The van der Waals surface area contributed by atoms with Crippen molar-refractivity contribution >= 4 is 44.2 Å². The van der Waals surface area contributed by atoms with Gasteiger partial charge < -0.3 is 15.5 Å². The number of H-pyrrole nitrogens is 1. The Kier molecular flexibility index (Phi) is 5.11. The highest BCUT2D eigenvalue weighted by molar-refractivity contribution is 7.92. The molecule has 4 aromatic rings. The Hall–Kier alpha value is -3.51. The molecule has 4 N–H and O–H groups in total. The van der Waals surface area contributed by atoms with E-state index in [1.54, 1.807) is 0 Å². The Balaban J connectivity index is 1.81. The van der Waals surface area contributed by atoms with Crippen LogP contribution in [0.15, 0.2) is 41.7 Å². The number of benzene rings is 1. The first-order chi connectivity index (χ1) is 14.7. The molecule has 0 radical (unpaired) electrons. The standard InChI is InChI=1S/C18H13ClF2N6O3S/c1-30-18-13(4-8(19)6-23-18)31(28,29)27-11-3-2-10(20)14(15(11)21)12-5-9-16(22)24-7-25-17(9)26-12/h2-7,27H,1H3,(H3,22,24,25,26). The van der Waals surface area contributed by atoms with Crippen molar-refractivity contribution in [1.82, 2.24) is 19.9 Å². The summed E-state index contributed by atoms with van der Waals surface area (Å²) < 4.78 is 62.4. The van der Waals surface area contributed by atoms with Crippen LogP contribution in [0, 0.1) is 11.6 Å². The molecule has 3 aromatic heterocycles. The second kappa shape index (κ2) is 7.63. The molecule has 0 saturated carbocycles. The number of aromatic amines is 1. The van der Waals surface area contributed by atoms with Gasteiger partial charge in [0.15, 0.2) is 10.7 Å². The molecule has 31 heavy (non-hydrogen) atoms. The fraction of sp³-hybridized carbons (Fsp3) is 0.0556. The molecule has 0 aliphatic carbocycles. The summed E-state index contributed by atoms with van der Waals surface area (Å²) in [5.41, 5.74) is 5.02. The predicted molar refractivity (Wildman–Crippen MR) is 110 cm³/mol. The summed E-state index contributed by atoms with van der Waals surface area (Å²) in [7, 11) is -3.16. The smallest absolute Gasteiger partial charge is 0.267 e. The van der Waals surface area contributed by atoms with E-state index in [0.29, 0.717) is 5.39 Å². The van der Waals surface area contributed by atoms with Crippen LogP contribution in [0.25, 0.3) is 22.3 Å². The topological polar surface area (TPSA) is 136 Å². The molecule has 0 unspecified atom stereocenters. The molecule has 1 aromatic carbocycles. The average Bonchev–Trinajstić information content (AvgIpc) is 3.15. The number of sulfonamides is 1. The van der Waals surface area contributed by atoms with Crippen LogP contribution in [-0.2, 0) is 10.0 Å². The Morgan fingerprint density at radius 3 is 2.68 bits per heavy atom. The lowest BCUT2D eigenvalue weighted by Crippen LogP contribution is -2.16. The molecule has 0 amide bonds. The summed E-state index contributed by atoms with van der Waals surface area (Å²) in [6.45, 7) is 0. The maximum Gasteiger partial charge on any atom is 0.267 e. The molecule has 0 aliphatic rings. The number of hydrogen-bond donors (Lipinski definition) is 3. The summed E-state index contributed by atoms with van der Waals surface area (Å²) in [6.07, 6.45) is 2.39. The van der Waals surface area contributed by atoms with E-state index in [-0.39, 0.29) is 28.1 Å². The molecule has 0 aliphatic heterocycles. The van der Waals surface area contributed by atoms with E-state index < -0.39 is 37.8 Å². The largest absolute Gasteiger partial charge is 0.480 e. The zero-order valence-corrected chi connectivity index (χ0v) is 17.2. The van der Waals surface area contributed by atoms with Crippen molar-refractivity contribution in [2.75, 3.05) is 17.6 Å². The van der Waals surface area contributed by atoms with Crippen molar-refractivity contribution < 1.29 is 21.9 Å². The van der Waals surface area contributed by atoms with Crippen molar-refractivity contribution in [2.24, 2.45) is 0 Å². The van der Waals surface area contributed by atoms with E-state index in [1.165, 1.54) is 25.7 Å². The fourth-order valence-electron chi connectivity index (χ4n) is 2.93.